The van der Waals surface area contributed by atoms with Crippen molar-refractivity contribution in [2.24, 2.45) is 10.9 Å². The third-order valence-corrected chi connectivity index (χ3v) is 5.50. The highest BCUT2D eigenvalue weighted by atomic mass is 16.6. The zero-order chi connectivity index (χ0) is 24.0. The van der Waals surface area contributed by atoms with E-state index in [0.717, 1.165) is 0 Å². The molecule has 2 heterocycles. The summed E-state index contributed by atoms with van der Waals surface area (Å²) in [4.78, 5) is 45.9. The Bertz CT molecular complexity index is 912. The van der Waals surface area contributed by atoms with Crippen molar-refractivity contribution < 1.29 is 33.3 Å². The first-order valence-corrected chi connectivity index (χ1v) is 10.9. The van der Waals surface area contributed by atoms with Gasteiger partial charge in [-0.2, -0.15) is 0 Å². The van der Waals surface area contributed by atoms with Crippen LogP contribution < -0.4 is 14.8 Å². The molecule has 2 amide bonds. The van der Waals surface area contributed by atoms with Crippen molar-refractivity contribution in [2.75, 3.05) is 53.6 Å². The van der Waals surface area contributed by atoms with Crippen LogP contribution in [0, 0.1) is 5.92 Å². The summed E-state index contributed by atoms with van der Waals surface area (Å²) in [5.41, 5.74) is 0.564. The van der Waals surface area contributed by atoms with Crippen molar-refractivity contribution in [3.8, 4) is 11.5 Å². The number of piperazine rings is 1. The lowest BCUT2D eigenvalue weighted by Crippen LogP contribution is -2.58. The number of benzene rings is 1. The fraction of sp³-hybridized carbons (Fsp3) is 0.545. The molecule has 0 spiro atoms. The maximum Gasteiger partial charge on any atom is 0.409 e. The predicted octanol–water partition coefficient (Wildman–Crippen LogP) is 1.18. The van der Waals surface area contributed by atoms with Crippen molar-refractivity contribution >= 4 is 23.9 Å². The molecule has 1 fully saturated rings. The van der Waals surface area contributed by atoms with E-state index in [-0.39, 0.29) is 12.7 Å². The molecule has 2 aliphatic heterocycles. The number of aliphatic imine (C=N–C) groups is 1. The Kier molecular flexibility index (Phi) is 7.96. The van der Waals surface area contributed by atoms with Gasteiger partial charge in [-0.25, -0.2) is 9.79 Å². The summed E-state index contributed by atoms with van der Waals surface area (Å²) in [6, 6.07) is 4.28. The maximum absolute atomic E-state index is 13.1. The minimum absolute atomic E-state index is 0.140. The highest BCUT2D eigenvalue weighted by Gasteiger charge is 2.43. The van der Waals surface area contributed by atoms with Crippen LogP contribution in [0.3, 0.4) is 0 Å². The van der Waals surface area contributed by atoms with Gasteiger partial charge in [-0.1, -0.05) is 0 Å². The Morgan fingerprint density at radius 2 is 1.76 bits per heavy atom. The van der Waals surface area contributed by atoms with Crippen LogP contribution in [-0.4, -0.2) is 87.3 Å². The van der Waals surface area contributed by atoms with Gasteiger partial charge in [-0.15, -0.1) is 0 Å². The molecule has 0 saturated carbocycles. The third-order valence-electron chi connectivity index (χ3n) is 5.50. The minimum Gasteiger partial charge on any atom is -0.497 e. The van der Waals surface area contributed by atoms with Gasteiger partial charge < -0.3 is 28.7 Å². The number of amides is 2. The first-order chi connectivity index (χ1) is 15.9. The van der Waals surface area contributed by atoms with Crippen LogP contribution in [0.25, 0.3) is 0 Å². The summed E-state index contributed by atoms with van der Waals surface area (Å²) < 4.78 is 21.0. The first-order valence-electron chi connectivity index (χ1n) is 10.9. The van der Waals surface area contributed by atoms with Crippen molar-refractivity contribution in [1.29, 1.82) is 0 Å². The van der Waals surface area contributed by atoms with Gasteiger partial charge in [-0.05, 0) is 26.0 Å². The summed E-state index contributed by atoms with van der Waals surface area (Å²) in [7, 11) is 3.04. The van der Waals surface area contributed by atoms with Gasteiger partial charge in [0.15, 0.2) is 5.92 Å². The Morgan fingerprint density at radius 3 is 2.36 bits per heavy atom. The number of ether oxygens (including phenoxy) is 4. The summed E-state index contributed by atoms with van der Waals surface area (Å²) >= 11 is 0. The monoisotopic (exact) mass is 462 g/mol. The largest absolute Gasteiger partial charge is 0.497 e. The van der Waals surface area contributed by atoms with E-state index in [0.29, 0.717) is 55.8 Å². The summed E-state index contributed by atoms with van der Waals surface area (Å²) in [5.74, 6) is -0.980. The van der Waals surface area contributed by atoms with Crippen LogP contribution in [0.2, 0.25) is 0 Å². The molecule has 0 bridgehead atoms. The molecule has 2 aliphatic rings. The molecule has 0 radical (unpaired) electrons. The number of nitrogens with zero attached hydrogens (tertiary/aromatic N) is 3. The van der Waals surface area contributed by atoms with Crippen molar-refractivity contribution in [1.82, 2.24) is 15.1 Å². The van der Waals surface area contributed by atoms with Crippen molar-refractivity contribution in [3.63, 3.8) is 0 Å². The number of esters is 1. The number of hydrogen-bond acceptors (Lipinski definition) is 9. The fourth-order valence-electron chi connectivity index (χ4n) is 3.83. The number of carbonyl (C=O) groups excluding carboxylic acids is 3. The smallest absolute Gasteiger partial charge is 0.409 e. The second-order valence-corrected chi connectivity index (χ2v) is 7.40. The molecule has 1 aromatic carbocycles. The summed E-state index contributed by atoms with van der Waals surface area (Å²) in [6.45, 7) is 5.64. The molecular formula is C22H30N4O7. The van der Waals surface area contributed by atoms with E-state index in [2.05, 4.69) is 5.32 Å². The maximum atomic E-state index is 13.1. The van der Waals surface area contributed by atoms with Gasteiger partial charge in [0, 0.05) is 37.8 Å². The average molecular weight is 463 g/mol. The van der Waals surface area contributed by atoms with Crippen LogP contribution in [0.5, 0.6) is 11.5 Å². The minimum atomic E-state index is -1.17. The number of hydrogen-bond donors (Lipinski definition) is 1. The normalized spacial score (nSPS) is 20.5. The second-order valence-electron chi connectivity index (χ2n) is 7.40. The number of rotatable bonds is 6. The average Bonchev–Trinajstić information content (AvgIpc) is 2.83. The van der Waals surface area contributed by atoms with Gasteiger partial charge in [0.25, 0.3) is 0 Å². The number of methoxy groups -OCH3 is 2. The van der Waals surface area contributed by atoms with Crippen LogP contribution >= 0.6 is 0 Å². The standard InChI is InChI=1S/C22H30N4O7/c1-5-32-20(28)17-18(15-8-7-14(30-3)13-16(15)31-4)23-21(24-19(17)27)25-9-11-26(12-10-25)22(29)33-6-2/h7-8,13,17-18H,5-6,9-12H2,1-4H3,(H,23,24,27)/t17-,18+/m1/s1. The van der Waals surface area contributed by atoms with E-state index >= 15 is 0 Å². The van der Waals surface area contributed by atoms with Crippen LogP contribution in [0.15, 0.2) is 23.2 Å². The number of guanidine groups is 1. The van der Waals surface area contributed by atoms with E-state index < -0.39 is 23.8 Å². The Balaban J connectivity index is 1.92. The van der Waals surface area contributed by atoms with E-state index in [9.17, 15) is 14.4 Å². The van der Waals surface area contributed by atoms with E-state index in [1.807, 2.05) is 4.90 Å². The molecule has 11 nitrogen and oxygen atoms in total. The van der Waals surface area contributed by atoms with Gasteiger partial charge in [0.1, 0.15) is 17.5 Å². The molecule has 0 aromatic heterocycles. The number of carbonyl (C=O) groups is 3. The topological polar surface area (TPSA) is 119 Å². The molecule has 0 aliphatic carbocycles. The van der Waals surface area contributed by atoms with Gasteiger partial charge >= 0.3 is 12.1 Å². The predicted molar refractivity (Wildman–Crippen MR) is 118 cm³/mol. The van der Waals surface area contributed by atoms with Gasteiger partial charge in [-0.3, -0.25) is 14.9 Å². The molecular weight excluding hydrogens is 432 g/mol. The van der Waals surface area contributed by atoms with E-state index in [1.165, 1.54) is 14.2 Å². The van der Waals surface area contributed by atoms with E-state index in [4.69, 9.17) is 23.9 Å². The Hall–Kier alpha value is -3.50. The van der Waals surface area contributed by atoms with Crippen LogP contribution in [-0.2, 0) is 19.1 Å². The highest BCUT2D eigenvalue weighted by molar-refractivity contribution is 6.08. The zero-order valence-electron chi connectivity index (χ0n) is 19.3. The first kappa shape index (κ1) is 24.1. The molecule has 33 heavy (non-hydrogen) atoms. The quantitative estimate of drug-likeness (QED) is 0.495. The third kappa shape index (κ3) is 5.29. The SMILES string of the molecule is CCOC(=O)[C@H]1C(=O)NC(N2CCN(C(=O)OCC)CC2)=N[C@H]1c1ccc(OC)cc1OC. The zero-order valence-corrected chi connectivity index (χ0v) is 19.3. The molecule has 1 aromatic rings. The lowest BCUT2D eigenvalue weighted by atomic mass is 9.90. The molecule has 2 atom stereocenters. The Morgan fingerprint density at radius 1 is 1.06 bits per heavy atom. The summed E-state index contributed by atoms with van der Waals surface area (Å²) in [5, 5.41) is 2.74. The molecule has 0 unspecified atom stereocenters. The number of nitrogens with one attached hydrogen (secondary N) is 1. The van der Waals surface area contributed by atoms with Gasteiger partial charge in [0.05, 0.1) is 27.4 Å². The van der Waals surface area contributed by atoms with Gasteiger partial charge in [0.2, 0.25) is 11.9 Å². The molecule has 11 heteroatoms. The Labute approximate surface area is 192 Å². The van der Waals surface area contributed by atoms with E-state index in [1.54, 1.807) is 36.9 Å². The highest BCUT2D eigenvalue weighted by Crippen LogP contribution is 2.38. The lowest BCUT2D eigenvalue weighted by molar-refractivity contribution is -0.153. The lowest BCUT2D eigenvalue weighted by Gasteiger charge is -2.38. The summed E-state index contributed by atoms with van der Waals surface area (Å²) in [6.07, 6.45) is -0.366. The molecule has 3 rings (SSSR count). The van der Waals surface area contributed by atoms with Crippen LogP contribution in [0.4, 0.5) is 4.79 Å². The van der Waals surface area contributed by atoms with Crippen LogP contribution in [0.1, 0.15) is 25.5 Å². The van der Waals surface area contributed by atoms with Crippen molar-refractivity contribution in [2.45, 2.75) is 19.9 Å². The second kappa shape index (κ2) is 10.9. The molecule has 1 N–H and O–H groups in total. The molecule has 180 valence electrons. The fourth-order valence-corrected chi connectivity index (χ4v) is 3.83. The molecule has 1 saturated heterocycles. The van der Waals surface area contributed by atoms with Crippen molar-refractivity contribution in [3.05, 3.63) is 23.8 Å².